The van der Waals surface area contributed by atoms with Crippen LogP contribution in [0.15, 0.2) is 24.3 Å². The first kappa shape index (κ1) is 18.8. The normalized spacial score (nSPS) is 15.7. The van der Waals surface area contributed by atoms with Gasteiger partial charge in [0.05, 0.1) is 10.6 Å². The second-order valence-electron chi connectivity index (χ2n) is 6.41. The first-order valence-electron chi connectivity index (χ1n) is 8.57. The predicted molar refractivity (Wildman–Crippen MR) is 97.2 cm³/mol. The van der Waals surface area contributed by atoms with E-state index in [1.807, 2.05) is 6.92 Å². The molecule has 1 aromatic carbocycles. The third-order valence-corrected chi connectivity index (χ3v) is 4.61. The van der Waals surface area contributed by atoms with Crippen LogP contribution in [0.2, 0.25) is 5.02 Å². The number of halogens is 4. The lowest BCUT2D eigenvalue weighted by Crippen LogP contribution is -2.26. The van der Waals surface area contributed by atoms with E-state index in [9.17, 15) is 13.2 Å². The van der Waals surface area contributed by atoms with E-state index in [1.54, 1.807) is 6.07 Å². The number of aromatic nitrogens is 2. The quantitative estimate of drug-likeness (QED) is 0.749. The summed E-state index contributed by atoms with van der Waals surface area (Å²) in [6.45, 7) is 3.63. The average molecular weight is 385 g/mol. The molecule has 0 atom stereocenters. The Balaban J connectivity index is 1.86. The van der Waals surface area contributed by atoms with Crippen LogP contribution in [0.4, 0.5) is 30.6 Å². The lowest BCUT2D eigenvalue weighted by atomic mass is 10.2. The second kappa shape index (κ2) is 7.70. The maximum atomic E-state index is 13.0. The number of hydrogen-bond donors (Lipinski definition) is 1. The molecular weight excluding hydrogens is 365 g/mol. The lowest BCUT2D eigenvalue weighted by molar-refractivity contribution is -0.137. The maximum Gasteiger partial charge on any atom is 0.417 e. The molecule has 1 aliphatic heterocycles. The Morgan fingerprint density at radius 3 is 2.38 bits per heavy atom. The number of nitrogens with one attached hydrogen (secondary N) is 1. The van der Waals surface area contributed by atoms with E-state index in [1.165, 1.54) is 25.0 Å². The summed E-state index contributed by atoms with van der Waals surface area (Å²) in [4.78, 5) is 11.1. The molecule has 1 aliphatic rings. The third-order valence-electron chi connectivity index (χ3n) is 4.28. The number of rotatable bonds is 3. The van der Waals surface area contributed by atoms with E-state index >= 15 is 0 Å². The molecule has 26 heavy (non-hydrogen) atoms. The molecule has 8 heteroatoms. The van der Waals surface area contributed by atoms with Crippen molar-refractivity contribution in [3.63, 3.8) is 0 Å². The molecule has 0 aliphatic carbocycles. The van der Waals surface area contributed by atoms with Gasteiger partial charge in [0.2, 0.25) is 5.95 Å². The minimum Gasteiger partial charge on any atom is -0.341 e. The minimum atomic E-state index is -4.51. The summed E-state index contributed by atoms with van der Waals surface area (Å²) < 4.78 is 39.1. The Labute approximate surface area is 155 Å². The van der Waals surface area contributed by atoms with Crippen LogP contribution in [-0.4, -0.2) is 23.1 Å². The lowest BCUT2D eigenvalue weighted by Gasteiger charge is -2.21. The molecule has 1 saturated heterocycles. The maximum absolute atomic E-state index is 13.0. The van der Waals surface area contributed by atoms with Gasteiger partial charge in [0.25, 0.3) is 0 Å². The Morgan fingerprint density at radius 2 is 1.73 bits per heavy atom. The fraction of sp³-hybridized carbons (Fsp3) is 0.444. The average Bonchev–Trinajstić information content (AvgIpc) is 2.84. The SMILES string of the molecule is Cc1cc(Nc2ccc(Cl)c(C(F)(F)F)c2)nc(N2CCCCCC2)n1. The monoisotopic (exact) mass is 384 g/mol. The Morgan fingerprint density at radius 1 is 1.04 bits per heavy atom. The highest BCUT2D eigenvalue weighted by Gasteiger charge is 2.33. The summed E-state index contributed by atoms with van der Waals surface area (Å²) in [6.07, 6.45) is 0.0583. The van der Waals surface area contributed by atoms with Gasteiger partial charge in [0, 0.05) is 30.5 Å². The number of alkyl halides is 3. The second-order valence-corrected chi connectivity index (χ2v) is 6.82. The summed E-state index contributed by atoms with van der Waals surface area (Å²) >= 11 is 5.67. The summed E-state index contributed by atoms with van der Waals surface area (Å²) in [7, 11) is 0. The van der Waals surface area contributed by atoms with E-state index in [0.29, 0.717) is 11.8 Å². The van der Waals surface area contributed by atoms with Gasteiger partial charge in [-0.15, -0.1) is 0 Å². The molecule has 0 radical (unpaired) electrons. The van der Waals surface area contributed by atoms with Gasteiger partial charge in [-0.3, -0.25) is 0 Å². The fourth-order valence-electron chi connectivity index (χ4n) is 3.00. The molecule has 1 N–H and O–H groups in total. The molecule has 4 nitrogen and oxygen atoms in total. The van der Waals surface area contributed by atoms with Crippen LogP contribution in [0.25, 0.3) is 0 Å². The largest absolute Gasteiger partial charge is 0.417 e. The van der Waals surface area contributed by atoms with E-state index in [0.717, 1.165) is 37.7 Å². The van der Waals surface area contributed by atoms with Crippen molar-refractivity contribution in [2.24, 2.45) is 0 Å². The van der Waals surface area contributed by atoms with Crippen molar-refractivity contribution in [1.29, 1.82) is 0 Å². The summed E-state index contributed by atoms with van der Waals surface area (Å²) in [5, 5.41) is 2.62. The summed E-state index contributed by atoms with van der Waals surface area (Å²) in [5.74, 6) is 1.08. The highest BCUT2D eigenvalue weighted by atomic mass is 35.5. The van der Waals surface area contributed by atoms with Crippen molar-refractivity contribution in [3.8, 4) is 0 Å². The molecule has 1 aromatic heterocycles. The van der Waals surface area contributed by atoms with E-state index in [4.69, 9.17) is 11.6 Å². The van der Waals surface area contributed by atoms with Gasteiger partial charge in [-0.1, -0.05) is 24.4 Å². The zero-order valence-corrected chi connectivity index (χ0v) is 15.2. The molecule has 0 saturated carbocycles. The van der Waals surface area contributed by atoms with E-state index in [2.05, 4.69) is 20.2 Å². The molecule has 0 bridgehead atoms. The summed E-state index contributed by atoms with van der Waals surface area (Å²) in [5.41, 5.74) is 0.163. The minimum absolute atomic E-state index is 0.279. The molecule has 3 rings (SSSR count). The van der Waals surface area contributed by atoms with E-state index in [-0.39, 0.29) is 10.7 Å². The van der Waals surface area contributed by atoms with Crippen LogP contribution < -0.4 is 10.2 Å². The van der Waals surface area contributed by atoms with Gasteiger partial charge in [-0.05, 0) is 38.0 Å². The predicted octanol–water partition coefficient (Wildman–Crippen LogP) is 5.58. The van der Waals surface area contributed by atoms with Gasteiger partial charge in [0.15, 0.2) is 0 Å². The van der Waals surface area contributed by atoms with Crippen molar-refractivity contribution in [2.45, 2.75) is 38.8 Å². The number of anilines is 3. The topological polar surface area (TPSA) is 41.1 Å². The van der Waals surface area contributed by atoms with Crippen molar-refractivity contribution in [2.75, 3.05) is 23.3 Å². The van der Waals surface area contributed by atoms with Gasteiger partial charge in [-0.2, -0.15) is 18.2 Å². The molecule has 0 amide bonds. The smallest absolute Gasteiger partial charge is 0.341 e. The highest BCUT2D eigenvalue weighted by molar-refractivity contribution is 6.31. The molecule has 1 fully saturated rings. The first-order valence-corrected chi connectivity index (χ1v) is 8.95. The molecule has 2 aromatic rings. The number of aryl methyl sites for hydroxylation is 1. The first-order chi connectivity index (χ1) is 12.3. The van der Waals surface area contributed by atoms with Gasteiger partial charge in [0.1, 0.15) is 5.82 Å². The third kappa shape index (κ3) is 4.58. The molecular formula is C18H20ClF3N4. The Kier molecular flexibility index (Phi) is 5.55. The van der Waals surface area contributed by atoms with Crippen LogP contribution in [0.5, 0.6) is 0 Å². The molecule has 0 spiro atoms. The molecule has 140 valence electrons. The van der Waals surface area contributed by atoms with Gasteiger partial charge in [-0.25, -0.2) is 4.98 Å². The van der Waals surface area contributed by atoms with Crippen LogP contribution in [0.3, 0.4) is 0 Å². The zero-order valence-electron chi connectivity index (χ0n) is 14.4. The molecule has 0 unspecified atom stereocenters. The van der Waals surface area contributed by atoms with Crippen molar-refractivity contribution >= 4 is 29.1 Å². The highest BCUT2D eigenvalue weighted by Crippen LogP contribution is 2.36. The number of benzene rings is 1. The summed E-state index contributed by atoms with van der Waals surface area (Å²) in [6, 6.07) is 5.44. The van der Waals surface area contributed by atoms with E-state index < -0.39 is 11.7 Å². The number of nitrogens with zero attached hydrogens (tertiary/aromatic N) is 3. The Hall–Kier alpha value is -2.02. The van der Waals surface area contributed by atoms with Gasteiger partial charge < -0.3 is 10.2 Å². The fourth-order valence-corrected chi connectivity index (χ4v) is 3.22. The standard InChI is InChI=1S/C18H20ClF3N4/c1-12-10-16(25-17(23-12)26-8-4-2-3-5-9-26)24-13-6-7-15(19)14(11-13)18(20,21)22/h6-7,10-11H,2-5,8-9H2,1H3,(H,23,24,25). The van der Waals surface area contributed by atoms with Gasteiger partial charge >= 0.3 is 6.18 Å². The Bertz CT molecular complexity index is 772. The van der Waals surface area contributed by atoms with Crippen molar-refractivity contribution in [3.05, 3.63) is 40.5 Å². The zero-order chi connectivity index (χ0) is 18.7. The number of hydrogen-bond acceptors (Lipinski definition) is 4. The van der Waals surface area contributed by atoms with Crippen molar-refractivity contribution in [1.82, 2.24) is 9.97 Å². The van der Waals surface area contributed by atoms with Crippen LogP contribution in [-0.2, 0) is 6.18 Å². The van der Waals surface area contributed by atoms with Crippen molar-refractivity contribution < 1.29 is 13.2 Å². The van der Waals surface area contributed by atoms with Crippen LogP contribution in [0.1, 0.15) is 36.9 Å². The van der Waals surface area contributed by atoms with Crippen LogP contribution >= 0.6 is 11.6 Å². The molecule has 2 heterocycles. The van der Waals surface area contributed by atoms with Crippen LogP contribution in [0, 0.1) is 6.92 Å².